The lowest BCUT2D eigenvalue weighted by Crippen LogP contribution is -2.51. The van der Waals surface area contributed by atoms with Crippen LogP contribution in [0.15, 0.2) is 72.8 Å². The van der Waals surface area contributed by atoms with Crippen molar-refractivity contribution in [1.82, 2.24) is 9.80 Å². The van der Waals surface area contributed by atoms with Gasteiger partial charge in [-0.3, -0.25) is 4.90 Å². The van der Waals surface area contributed by atoms with Crippen molar-refractivity contribution in [3.63, 3.8) is 0 Å². The summed E-state index contributed by atoms with van der Waals surface area (Å²) in [5.41, 5.74) is 5.97. The highest BCUT2D eigenvalue weighted by molar-refractivity contribution is 5.89. The number of nitrogens with one attached hydrogen (secondary N) is 1. The molecule has 1 heterocycles. The summed E-state index contributed by atoms with van der Waals surface area (Å²) in [7, 11) is 1.63. The van der Waals surface area contributed by atoms with E-state index in [-0.39, 0.29) is 12.1 Å². The monoisotopic (exact) mass is 429 g/mol. The van der Waals surface area contributed by atoms with Crippen LogP contribution >= 0.6 is 0 Å². The third-order valence-corrected chi connectivity index (χ3v) is 6.15. The molecule has 5 nitrogen and oxygen atoms in total. The van der Waals surface area contributed by atoms with Gasteiger partial charge in [0.25, 0.3) is 0 Å². The molecule has 1 aliphatic heterocycles. The van der Waals surface area contributed by atoms with Crippen molar-refractivity contribution < 1.29 is 9.53 Å². The molecule has 0 radical (unpaired) electrons. The summed E-state index contributed by atoms with van der Waals surface area (Å²) >= 11 is 0. The number of anilines is 1. The number of urea groups is 1. The van der Waals surface area contributed by atoms with Gasteiger partial charge in [0.05, 0.1) is 13.2 Å². The van der Waals surface area contributed by atoms with E-state index in [4.69, 9.17) is 4.74 Å². The summed E-state index contributed by atoms with van der Waals surface area (Å²) in [5, 5.41) is 3.00. The van der Waals surface area contributed by atoms with Gasteiger partial charge >= 0.3 is 6.03 Å². The third kappa shape index (κ3) is 4.94. The van der Waals surface area contributed by atoms with E-state index in [0.717, 1.165) is 24.5 Å². The molecule has 0 unspecified atom stereocenters. The smallest absolute Gasteiger partial charge is 0.321 e. The second kappa shape index (κ2) is 9.88. The van der Waals surface area contributed by atoms with Crippen LogP contribution in [0.1, 0.15) is 28.3 Å². The normalized spacial score (nSPS) is 15.3. The molecule has 3 aromatic carbocycles. The highest BCUT2D eigenvalue weighted by Gasteiger charge is 2.29. The highest BCUT2D eigenvalue weighted by Crippen LogP contribution is 2.32. The van der Waals surface area contributed by atoms with Crippen LogP contribution in [0.4, 0.5) is 10.5 Å². The van der Waals surface area contributed by atoms with Crippen molar-refractivity contribution in [1.29, 1.82) is 0 Å². The van der Waals surface area contributed by atoms with Crippen molar-refractivity contribution in [3.8, 4) is 5.75 Å². The van der Waals surface area contributed by atoms with Crippen molar-refractivity contribution in [2.45, 2.75) is 19.9 Å². The molecule has 1 aliphatic rings. The number of hydrogen-bond donors (Lipinski definition) is 1. The fourth-order valence-electron chi connectivity index (χ4n) is 4.34. The Bertz CT molecular complexity index is 1040. The van der Waals surface area contributed by atoms with Crippen molar-refractivity contribution in [2.24, 2.45) is 0 Å². The molecule has 5 heteroatoms. The molecule has 0 aliphatic carbocycles. The molecule has 1 fully saturated rings. The molecule has 4 rings (SSSR count). The topological polar surface area (TPSA) is 44.8 Å². The van der Waals surface area contributed by atoms with Gasteiger partial charge in [-0.1, -0.05) is 54.1 Å². The molecule has 32 heavy (non-hydrogen) atoms. The summed E-state index contributed by atoms with van der Waals surface area (Å²) in [5.74, 6) is 0.773. The zero-order chi connectivity index (χ0) is 22.5. The van der Waals surface area contributed by atoms with Gasteiger partial charge in [-0.05, 0) is 54.8 Å². The Hall–Kier alpha value is -3.31. The molecular weight excluding hydrogens is 398 g/mol. The third-order valence-electron chi connectivity index (χ3n) is 6.15. The molecule has 1 N–H and O–H groups in total. The van der Waals surface area contributed by atoms with Crippen LogP contribution in [-0.4, -0.2) is 49.1 Å². The van der Waals surface area contributed by atoms with Crippen LogP contribution in [-0.2, 0) is 0 Å². The lowest BCUT2D eigenvalue weighted by Gasteiger charge is -2.40. The summed E-state index contributed by atoms with van der Waals surface area (Å²) in [6.45, 7) is 7.36. The Kier molecular flexibility index (Phi) is 6.76. The van der Waals surface area contributed by atoms with Crippen LogP contribution < -0.4 is 10.1 Å². The number of hydrogen-bond acceptors (Lipinski definition) is 3. The number of methoxy groups -OCH3 is 1. The van der Waals surface area contributed by atoms with Crippen molar-refractivity contribution in [2.75, 3.05) is 38.6 Å². The molecule has 1 saturated heterocycles. The maximum atomic E-state index is 12.8. The zero-order valence-corrected chi connectivity index (χ0v) is 19.0. The lowest BCUT2D eigenvalue weighted by atomic mass is 9.92. The Morgan fingerprint density at radius 1 is 0.906 bits per heavy atom. The van der Waals surface area contributed by atoms with Crippen LogP contribution in [0.5, 0.6) is 5.75 Å². The van der Waals surface area contributed by atoms with Crippen LogP contribution in [0, 0.1) is 13.8 Å². The zero-order valence-electron chi connectivity index (χ0n) is 19.0. The predicted octanol–water partition coefficient (Wildman–Crippen LogP) is 5.25. The summed E-state index contributed by atoms with van der Waals surface area (Å²) in [4.78, 5) is 17.2. The van der Waals surface area contributed by atoms with Gasteiger partial charge in [0.15, 0.2) is 0 Å². The van der Waals surface area contributed by atoms with E-state index < -0.39 is 0 Å². The van der Waals surface area contributed by atoms with Gasteiger partial charge in [0, 0.05) is 31.9 Å². The number of rotatable bonds is 5. The van der Waals surface area contributed by atoms with Gasteiger partial charge in [-0.2, -0.15) is 0 Å². The lowest BCUT2D eigenvalue weighted by molar-refractivity contribution is 0.126. The van der Waals surface area contributed by atoms with E-state index >= 15 is 0 Å². The largest absolute Gasteiger partial charge is 0.497 e. The second-order valence-corrected chi connectivity index (χ2v) is 8.35. The highest BCUT2D eigenvalue weighted by atomic mass is 16.5. The number of aryl methyl sites for hydroxylation is 2. The van der Waals surface area contributed by atoms with Gasteiger partial charge in [0.1, 0.15) is 5.75 Å². The molecule has 1 atom stereocenters. The van der Waals surface area contributed by atoms with E-state index in [2.05, 4.69) is 72.6 Å². The van der Waals surface area contributed by atoms with E-state index in [1.54, 1.807) is 7.11 Å². The van der Waals surface area contributed by atoms with E-state index in [0.29, 0.717) is 13.1 Å². The van der Waals surface area contributed by atoms with E-state index in [1.807, 2.05) is 29.2 Å². The molecule has 0 bridgehead atoms. The van der Waals surface area contributed by atoms with Crippen LogP contribution in [0.25, 0.3) is 0 Å². The first-order chi connectivity index (χ1) is 15.5. The summed E-state index contributed by atoms with van der Waals surface area (Å²) in [6, 6.07) is 24.9. The number of carbonyl (C=O) groups is 1. The minimum atomic E-state index is -0.0576. The molecule has 166 valence electrons. The molecule has 0 saturated carbocycles. The first kappa shape index (κ1) is 21.9. The number of amides is 2. The predicted molar refractivity (Wildman–Crippen MR) is 129 cm³/mol. The SMILES string of the molecule is COc1ccc(NC(=O)N2CCN([C@@H](c3ccccc3)c3cc(C)ccc3C)CC2)cc1. The molecule has 0 spiro atoms. The minimum absolute atomic E-state index is 0.0576. The van der Waals surface area contributed by atoms with Crippen LogP contribution in [0.3, 0.4) is 0 Å². The molecule has 2 amide bonds. The minimum Gasteiger partial charge on any atom is -0.497 e. The first-order valence-corrected chi connectivity index (χ1v) is 11.1. The Morgan fingerprint density at radius 3 is 2.25 bits per heavy atom. The number of carbonyl (C=O) groups excluding carboxylic acids is 1. The van der Waals surface area contributed by atoms with Crippen molar-refractivity contribution >= 4 is 11.7 Å². The summed E-state index contributed by atoms with van der Waals surface area (Å²) in [6.07, 6.45) is 0. The maximum absolute atomic E-state index is 12.8. The Morgan fingerprint density at radius 2 is 1.59 bits per heavy atom. The second-order valence-electron chi connectivity index (χ2n) is 8.35. The molecule has 3 aromatic rings. The van der Waals surface area contributed by atoms with Gasteiger partial charge < -0.3 is 15.0 Å². The van der Waals surface area contributed by atoms with Gasteiger partial charge in [0.2, 0.25) is 0 Å². The fraction of sp³-hybridized carbons (Fsp3) is 0.296. The quantitative estimate of drug-likeness (QED) is 0.602. The van der Waals surface area contributed by atoms with Crippen molar-refractivity contribution in [3.05, 3.63) is 95.1 Å². The average Bonchev–Trinajstić information content (AvgIpc) is 2.83. The Balaban J connectivity index is 1.47. The first-order valence-electron chi connectivity index (χ1n) is 11.1. The Labute approximate surface area is 190 Å². The van der Waals surface area contributed by atoms with E-state index in [1.165, 1.54) is 22.3 Å². The van der Waals surface area contributed by atoms with Gasteiger partial charge in [-0.15, -0.1) is 0 Å². The number of piperazine rings is 1. The molecule has 0 aromatic heterocycles. The standard InChI is InChI=1S/C27H31N3O2/c1-20-9-10-21(2)25(19-20)26(22-7-5-4-6-8-22)29-15-17-30(18-16-29)27(31)28-23-11-13-24(32-3)14-12-23/h4-14,19,26H,15-18H2,1-3H3,(H,28,31)/t26-/m0/s1. The fourth-order valence-corrected chi connectivity index (χ4v) is 4.34. The molecular formula is C27H31N3O2. The maximum Gasteiger partial charge on any atom is 0.321 e. The number of nitrogens with zero attached hydrogens (tertiary/aromatic N) is 2. The van der Waals surface area contributed by atoms with E-state index in [9.17, 15) is 4.79 Å². The average molecular weight is 430 g/mol. The van der Waals surface area contributed by atoms with Gasteiger partial charge in [-0.25, -0.2) is 4.79 Å². The number of ether oxygens (including phenoxy) is 1. The number of benzene rings is 3. The van der Waals surface area contributed by atoms with Crippen LogP contribution in [0.2, 0.25) is 0 Å². The summed E-state index contributed by atoms with van der Waals surface area (Å²) < 4.78 is 5.18.